The third kappa shape index (κ3) is 5.79. The molecule has 2 N–H and O–H groups in total. The summed E-state index contributed by atoms with van der Waals surface area (Å²) < 4.78 is 40.7. The van der Waals surface area contributed by atoms with E-state index in [0.717, 1.165) is 16.9 Å². The van der Waals surface area contributed by atoms with Gasteiger partial charge in [-0.3, -0.25) is 4.55 Å². The minimum atomic E-state index is -4.39. The van der Waals surface area contributed by atoms with Gasteiger partial charge in [0.25, 0.3) is 10.1 Å². The molecule has 12 heteroatoms. The fourth-order valence-electron chi connectivity index (χ4n) is 3.52. The van der Waals surface area contributed by atoms with Crippen molar-refractivity contribution in [2.24, 2.45) is 0 Å². The van der Waals surface area contributed by atoms with Crippen molar-refractivity contribution in [1.29, 1.82) is 0 Å². The maximum absolute atomic E-state index is 11.8. The molecule has 0 unspecified atom stereocenters. The second kappa shape index (κ2) is 10.8. The number of hydrogen-bond acceptors (Lipinski definition) is 7. The number of aryl methyl sites for hydroxylation is 2. The molecule has 0 saturated heterocycles. The summed E-state index contributed by atoms with van der Waals surface area (Å²) in [5.74, 6) is 0.793. The van der Waals surface area contributed by atoms with Gasteiger partial charge in [-0.05, 0) is 60.9 Å². The molecule has 0 atom stereocenters. The Morgan fingerprint density at radius 2 is 1.83 bits per heavy atom. The van der Waals surface area contributed by atoms with Crippen molar-refractivity contribution in [3.8, 4) is 22.7 Å². The minimum absolute atomic E-state index is 0.212. The molecule has 0 radical (unpaired) electrons. The van der Waals surface area contributed by atoms with Crippen LogP contribution in [0.25, 0.3) is 16.8 Å². The molecule has 188 valence electrons. The van der Waals surface area contributed by atoms with Crippen molar-refractivity contribution in [1.82, 2.24) is 19.7 Å². The number of nitrogens with one attached hydrogen (secondary N) is 1. The van der Waals surface area contributed by atoms with Gasteiger partial charge < -0.3 is 10.1 Å². The topological polar surface area (TPSA) is 119 Å². The maximum Gasteiger partial charge on any atom is 0.294 e. The molecular weight excluding hydrogens is 525 g/mol. The molecule has 2 aromatic carbocycles. The maximum atomic E-state index is 11.8. The van der Waals surface area contributed by atoms with Gasteiger partial charge in [-0.25, -0.2) is 14.6 Å². The average Bonchev–Trinajstić information content (AvgIpc) is 3.26. The van der Waals surface area contributed by atoms with E-state index in [2.05, 4.69) is 20.4 Å². The molecule has 4 aromatic rings. The Hall–Kier alpha value is -3.18. The van der Waals surface area contributed by atoms with E-state index >= 15 is 0 Å². The van der Waals surface area contributed by atoms with Crippen molar-refractivity contribution >= 4 is 39.1 Å². The van der Waals surface area contributed by atoms with Gasteiger partial charge in [-0.15, -0.1) is 5.10 Å². The summed E-state index contributed by atoms with van der Waals surface area (Å²) in [5, 5.41) is 8.75. The monoisotopic (exact) mass is 547 g/mol. The van der Waals surface area contributed by atoms with E-state index in [0.29, 0.717) is 40.0 Å². The van der Waals surface area contributed by atoms with Crippen LogP contribution in [0.15, 0.2) is 59.9 Å². The molecule has 0 aliphatic rings. The fourth-order valence-corrected chi connectivity index (χ4v) is 4.45. The Morgan fingerprint density at radius 1 is 1.08 bits per heavy atom. The predicted octanol–water partition coefficient (Wildman–Crippen LogP) is 5.24. The van der Waals surface area contributed by atoms with Crippen LogP contribution < -0.4 is 10.1 Å². The summed E-state index contributed by atoms with van der Waals surface area (Å²) in [6.45, 7) is 4.37. The zero-order chi connectivity index (χ0) is 25.9. The Labute approximate surface area is 218 Å². The Bertz CT molecular complexity index is 1490. The first-order valence-electron chi connectivity index (χ1n) is 11.0. The SMILES string of the molecule is CCc1ncnc(NCCOc2nn(-c3ccc(Cl)cc3)cc2-c2cc(S(=O)(=O)O)ccc2C)c1Cl. The number of benzene rings is 2. The van der Waals surface area contributed by atoms with Gasteiger partial charge >= 0.3 is 0 Å². The normalized spacial score (nSPS) is 11.5. The molecule has 2 heterocycles. The fraction of sp³-hybridized carbons (Fsp3) is 0.208. The van der Waals surface area contributed by atoms with E-state index in [4.69, 9.17) is 27.9 Å². The van der Waals surface area contributed by atoms with E-state index in [-0.39, 0.29) is 17.4 Å². The highest BCUT2D eigenvalue weighted by molar-refractivity contribution is 7.85. The Balaban J connectivity index is 1.63. The zero-order valence-corrected chi connectivity index (χ0v) is 21.8. The number of ether oxygens (including phenoxy) is 1. The van der Waals surface area contributed by atoms with E-state index in [1.54, 1.807) is 41.2 Å². The number of halogens is 2. The molecule has 0 bridgehead atoms. The quantitative estimate of drug-likeness (QED) is 0.215. The van der Waals surface area contributed by atoms with Crippen molar-refractivity contribution in [2.45, 2.75) is 25.2 Å². The largest absolute Gasteiger partial charge is 0.474 e. The van der Waals surface area contributed by atoms with Gasteiger partial charge in [-0.2, -0.15) is 8.42 Å². The minimum Gasteiger partial charge on any atom is -0.474 e. The lowest BCUT2D eigenvalue weighted by molar-refractivity contribution is 0.319. The van der Waals surface area contributed by atoms with Crippen molar-refractivity contribution < 1.29 is 17.7 Å². The van der Waals surface area contributed by atoms with E-state index in [1.165, 1.54) is 18.5 Å². The molecule has 4 rings (SSSR count). The first kappa shape index (κ1) is 25.9. The highest BCUT2D eigenvalue weighted by atomic mass is 35.5. The lowest BCUT2D eigenvalue weighted by Crippen LogP contribution is -2.14. The van der Waals surface area contributed by atoms with E-state index in [1.807, 2.05) is 13.8 Å². The lowest BCUT2D eigenvalue weighted by atomic mass is 10.0. The van der Waals surface area contributed by atoms with Gasteiger partial charge in [0.1, 0.15) is 23.8 Å². The van der Waals surface area contributed by atoms with Gasteiger partial charge in [0.05, 0.1) is 28.4 Å². The van der Waals surface area contributed by atoms with Gasteiger partial charge in [0, 0.05) is 11.2 Å². The van der Waals surface area contributed by atoms with Crippen molar-refractivity contribution in [3.63, 3.8) is 0 Å². The van der Waals surface area contributed by atoms with E-state index < -0.39 is 10.1 Å². The summed E-state index contributed by atoms with van der Waals surface area (Å²) in [4.78, 5) is 8.10. The Morgan fingerprint density at radius 3 is 2.53 bits per heavy atom. The summed E-state index contributed by atoms with van der Waals surface area (Å²) in [5.41, 5.74) is 3.37. The van der Waals surface area contributed by atoms with Crippen LogP contribution in [0.3, 0.4) is 0 Å². The standard InChI is InChI=1S/C24H23Cl2N5O4S/c1-3-21-22(26)23(29-14-28-21)27-10-11-35-24-20(13-31(30-24)17-7-5-16(25)6-8-17)19-12-18(36(32,33)34)9-4-15(19)2/h4-9,12-14H,3,10-11H2,1-2H3,(H,27,28,29)(H,32,33,34). The molecule has 0 saturated carbocycles. The highest BCUT2D eigenvalue weighted by Crippen LogP contribution is 2.34. The number of nitrogens with zero attached hydrogens (tertiary/aromatic N) is 4. The first-order valence-corrected chi connectivity index (χ1v) is 13.2. The van der Waals surface area contributed by atoms with Gasteiger partial charge in [0.15, 0.2) is 0 Å². The van der Waals surface area contributed by atoms with Crippen LogP contribution in [0.2, 0.25) is 10.0 Å². The molecule has 9 nitrogen and oxygen atoms in total. The lowest BCUT2D eigenvalue weighted by Gasteiger charge is -2.11. The van der Waals surface area contributed by atoms with Crippen LogP contribution in [-0.2, 0) is 16.5 Å². The summed E-state index contributed by atoms with van der Waals surface area (Å²) >= 11 is 12.4. The summed E-state index contributed by atoms with van der Waals surface area (Å²) in [7, 11) is -4.39. The second-order valence-electron chi connectivity index (χ2n) is 7.83. The Kier molecular flexibility index (Phi) is 7.79. The van der Waals surface area contributed by atoms with Crippen molar-refractivity contribution in [2.75, 3.05) is 18.5 Å². The second-order valence-corrected chi connectivity index (χ2v) is 10.1. The average molecular weight is 548 g/mol. The van der Waals surface area contributed by atoms with Crippen LogP contribution in [0.5, 0.6) is 5.88 Å². The molecule has 0 fully saturated rings. The molecule has 2 aromatic heterocycles. The predicted molar refractivity (Wildman–Crippen MR) is 139 cm³/mol. The number of rotatable bonds is 9. The van der Waals surface area contributed by atoms with Crippen LogP contribution in [0.1, 0.15) is 18.2 Å². The number of anilines is 1. The molecule has 0 aliphatic heterocycles. The third-order valence-electron chi connectivity index (χ3n) is 5.40. The molecular formula is C24H23Cl2N5O4S. The smallest absolute Gasteiger partial charge is 0.294 e. The summed E-state index contributed by atoms with van der Waals surface area (Å²) in [6, 6.07) is 11.4. The highest BCUT2D eigenvalue weighted by Gasteiger charge is 2.19. The summed E-state index contributed by atoms with van der Waals surface area (Å²) in [6.07, 6.45) is 3.86. The molecule has 0 spiro atoms. The van der Waals surface area contributed by atoms with Crippen LogP contribution in [0, 0.1) is 6.92 Å². The molecule has 0 aliphatic carbocycles. The first-order chi connectivity index (χ1) is 17.2. The zero-order valence-electron chi connectivity index (χ0n) is 19.4. The van der Waals surface area contributed by atoms with Gasteiger partial charge in [0.2, 0.25) is 5.88 Å². The third-order valence-corrected chi connectivity index (χ3v) is 6.90. The number of hydrogen-bond donors (Lipinski definition) is 2. The van der Waals surface area contributed by atoms with E-state index in [9.17, 15) is 13.0 Å². The van der Waals surface area contributed by atoms with Crippen LogP contribution in [-0.4, -0.2) is 45.9 Å². The number of aromatic nitrogens is 4. The van der Waals surface area contributed by atoms with Gasteiger partial charge in [-0.1, -0.05) is 36.2 Å². The van der Waals surface area contributed by atoms with Crippen LogP contribution >= 0.6 is 23.2 Å². The molecule has 0 amide bonds. The van der Waals surface area contributed by atoms with Crippen LogP contribution in [0.4, 0.5) is 5.82 Å². The molecule has 36 heavy (non-hydrogen) atoms. The van der Waals surface area contributed by atoms with Crippen molar-refractivity contribution in [3.05, 3.63) is 76.3 Å².